The van der Waals surface area contributed by atoms with Gasteiger partial charge < -0.3 is 14.7 Å². The van der Waals surface area contributed by atoms with Gasteiger partial charge in [0, 0.05) is 20.2 Å². The van der Waals surface area contributed by atoms with Crippen LogP contribution in [0.3, 0.4) is 0 Å². The van der Waals surface area contributed by atoms with Crippen LogP contribution in [0.15, 0.2) is 24.3 Å². The number of carbonyl (C=O) groups excluding carboxylic acids is 1. The molecule has 5 nitrogen and oxygen atoms in total. The number of ether oxygens (including phenoxy) is 1. The van der Waals surface area contributed by atoms with E-state index in [-0.39, 0.29) is 17.6 Å². The van der Waals surface area contributed by atoms with Gasteiger partial charge in [-0.3, -0.25) is 4.79 Å². The summed E-state index contributed by atoms with van der Waals surface area (Å²) in [5.41, 5.74) is 1.17. The van der Waals surface area contributed by atoms with E-state index in [1.54, 1.807) is 36.2 Å². The number of carbonyl (C=O) groups is 2. The molecule has 1 aromatic carbocycles. The van der Waals surface area contributed by atoms with E-state index in [1.165, 1.54) is 0 Å². The van der Waals surface area contributed by atoms with Crippen molar-refractivity contribution in [2.45, 2.75) is 38.3 Å². The van der Waals surface area contributed by atoms with Crippen molar-refractivity contribution >= 4 is 11.9 Å². The number of benzene rings is 1. The molecule has 1 aliphatic heterocycles. The second-order valence-electron chi connectivity index (χ2n) is 5.44. The number of rotatable bonds is 5. The van der Waals surface area contributed by atoms with Crippen LogP contribution in [0.25, 0.3) is 0 Å². The molecule has 0 radical (unpaired) electrons. The van der Waals surface area contributed by atoms with Crippen LogP contribution in [-0.4, -0.2) is 41.6 Å². The Kier molecular flexibility index (Phi) is 5.33. The molecule has 0 unspecified atom stereocenters. The van der Waals surface area contributed by atoms with Crippen molar-refractivity contribution in [1.82, 2.24) is 4.90 Å². The van der Waals surface area contributed by atoms with Gasteiger partial charge in [0.05, 0.1) is 18.1 Å². The van der Waals surface area contributed by atoms with Crippen molar-refractivity contribution in [3.63, 3.8) is 0 Å². The molecule has 0 aromatic heterocycles. The lowest BCUT2D eigenvalue weighted by molar-refractivity contribution is -0.134. The first-order chi connectivity index (χ1) is 10.1. The predicted molar refractivity (Wildman–Crippen MR) is 78.1 cm³/mol. The molecule has 1 atom stereocenters. The largest absolute Gasteiger partial charge is 0.478 e. The average molecular weight is 291 g/mol. The molecule has 5 heteroatoms. The van der Waals surface area contributed by atoms with Gasteiger partial charge in [-0.05, 0) is 37.0 Å². The summed E-state index contributed by atoms with van der Waals surface area (Å²) in [5.74, 6) is -0.885. The third-order valence-electron chi connectivity index (χ3n) is 3.72. The van der Waals surface area contributed by atoms with Crippen molar-refractivity contribution in [2.24, 2.45) is 0 Å². The minimum Gasteiger partial charge on any atom is -0.478 e. The topological polar surface area (TPSA) is 66.8 Å². The van der Waals surface area contributed by atoms with E-state index < -0.39 is 5.97 Å². The van der Waals surface area contributed by atoms with E-state index in [9.17, 15) is 9.59 Å². The van der Waals surface area contributed by atoms with Crippen LogP contribution >= 0.6 is 0 Å². The highest BCUT2D eigenvalue weighted by atomic mass is 16.5. The Morgan fingerprint density at radius 3 is 2.57 bits per heavy atom. The molecule has 0 spiro atoms. The number of aromatic carboxylic acids is 1. The van der Waals surface area contributed by atoms with Gasteiger partial charge in [-0.25, -0.2) is 4.79 Å². The van der Waals surface area contributed by atoms with Crippen LogP contribution in [0.5, 0.6) is 0 Å². The number of amides is 1. The number of nitrogens with zero attached hydrogens (tertiary/aromatic N) is 1. The summed E-state index contributed by atoms with van der Waals surface area (Å²) in [6, 6.07) is 6.59. The Balaban J connectivity index is 1.86. The smallest absolute Gasteiger partial charge is 0.335 e. The fourth-order valence-corrected chi connectivity index (χ4v) is 2.43. The second-order valence-corrected chi connectivity index (χ2v) is 5.44. The fourth-order valence-electron chi connectivity index (χ4n) is 2.43. The van der Waals surface area contributed by atoms with Crippen molar-refractivity contribution in [2.75, 3.05) is 13.7 Å². The Morgan fingerprint density at radius 2 is 2.00 bits per heavy atom. The van der Waals surface area contributed by atoms with Gasteiger partial charge in [0.15, 0.2) is 0 Å². The van der Waals surface area contributed by atoms with Crippen molar-refractivity contribution in [3.8, 4) is 0 Å². The standard InChI is InChI=1S/C16H21NO4/c1-17(15(18)10-14-4-2-3-9-21-14)11-12-5-7-13(8-6-12)16(19)20/h5-8,14H,2-4,9-11H2,1H3,(H,19,20)/t14-/m0/s1. The summed E-state index contributed by atoms with van der Waals surface area (Å²) in [6.45, 7) is 1.23. The highest BCUT2D eigenvalue weighted by Gasteiger charge is 2.20. The highest BCUT2D eigenvalue weighted by Crippen LogP contribution is 2.17. The lowest BCUT2D eigenvalue weighted by Crippen LogP contribution is -2.31. The monoisotopic (exact) mass is 291 g/mol. The fraction of sp³-hybridized carbons (Fsp3) is 0.500. The molecule has 1 fully saturated rings. The molecule has 1 saturated heterocycles. The zero-order valence-corrected chi connectivity index (χ0v) is 12.2. The quantitative estimate of drug-likeness (QED) is 0.904. The number of carboxylic acids is 1. The molecule has 0 bridgehead atoms. The third-order valence-corrected chi connectivity index (χ3v) is 3.72. The average Bonchev–Trinajstić information content (AvgIpc) is 2.48. The van der Waals surface area contributed by atoms with Crippen LogP contribution < -0.4 is 0 Å². The van der Waals surface area contributed by atoms with Crippen molar-refractivity contribution in [3.05, 3.63) is 35.4 Å². The Hall–Kier alpha value is -1.88. The van der Waals surface area contributed by atoms with Gasteiger partial charge in [-0.1, -0.05) is 12.1 Å². The SMILES string of the molecule is CN(Cc1ccc(C(=O)O)cc1)C(=O)C[C@@H]1CCCCO1. The Labute approximate surface area is 124 Å². The molecule has 1 heterocycles. The summed E-state index contributed by atoms with van der Waals surface area (Å²) in [4.78, 5) is 24.6. The molecule has 1 aromatic rings. The second kappa shape index (κ2) is 7.22. The highest BCUT2D eigenvalue weighted by molar-refractivity contribution is 5.87. The normalized spacial score (nSPS) is 18.2. The molecule has 2 rings (SSSR count). The maximum atomic E-state index is 12.1. The minimum atomic E-state index is -0.944. The van der Waals surface area contributed by atoms with Crippen molar-refractivity contribution in [1.29, 1.82) is 0 Å². The van der Waals surface area contributed by atoms with E-state index in [1.807, 2.05) is 0 Å². The maximum absolute atomic E-state index is 12.1. The van der Waals surface area contributed by atoms with Gasteiger partial charge in [0.1, 0.15) is 0 Å². The first-order valence-electron chi connectivity index (χ1n) is 7.24. The first-order valence-corrected chi connectivity index (χ1v) is 7.24. The lowest BCUT2D eigenvalue weighted by atomic mass is 10.1. The molecule has 21 heavy (non-hydrogen) atoms. The minimum absolute atomic E-state index is 0.0445. The molecular weight excluding hydrogens is 270 g/mol. The number of hydrogen-bond donors (Lipinski definition) is 1. The summed E-state index contributed by atoms with van der Waals surface area (Å²) < 4.78 is 5.58. The maximum Gasteiger partial charge on any atom is 0.335 e. The molecule has 1 N–H and O–H groups in total. The molecule has 114 valence electrons. The molecule has 0 saturated carbocycles. The van der Waals surface area contributed by atoms with Crippen LogP contribution in [0.1, 0.15) is 41.6 Å². The summed E-state index contributed by atoms with van der Waals surface area (Å²) in [6.07, 6.45) is 3.62. The van der Waals surface area contributed by atoms with Crippen molar-refractivity contribution < 1.29 is 19.4 Å². The molecule has 1 amide bonds. The van der Waals surface area contributed by atoms with Gasteiger partial charge in [0.2, 0.25) is 5.91 Å². The van der Waals surface area contributed by atoms with Gasteiger partial charge in [-0.15, -0.1) is 0 Å². The van der Waals surface area contributed by atoms with E-state index >= 15 is 0 Å². The lowest BCUT2D eigenvalue weighted by Gasteiger charge is -2.25. The van der Waals surface area contributed by atoms with E-state index in [0.717, 1.165) is 31.4 Å². The zero-order chi connectivity index (χ0) is 15.2. The van der Waals surface area contributed by atoms with Gasteiger partial charge >= 0.3 is 5.97 Å². The molecule has 1 aliphatic rings. The van der Waals surface area contributed by atoms with Crippen LogP contribution in [0, 0.1) is 0 Å². The van der Waals surface area contributed by atoms with Gasteiger partial charge in [-0.2, -0.15) is 0 Å². The first kappa shape index (κ1) is 15.5. The predicted octanol–water partition coefficient (Wildman–Crippen LogP) is 2.30. The van der Waals surface area contributed by atoms with Crippen LogP contribution in [0.2, 0.25) is 0 Å². The zero-order valence-electron chi connectivity index (χ0n) is 12.2. The van der Waals surface area contributed by atoms with E-state index in [0.29, 0.717) is 13.0 Å². The summed E-state index contributed by atoms with van der Waals surface area (Å²) >= 11 is 0. The van der Waals surface area contributed by atoms with Crippen LogP contribution in [0.4, 0.5) is 0 Å². The number of carboxylic acid groups (broad SMARTS) is 1. The summed E-state index contributed by atoms with van der Waals surface area (Å²) in [5, 5.41) is 8.85. The number of hydrogen-bond acceptors (Lipinski definition) is 3. The van der Waals surface area contributed by atoms with E-state index in [4.69, 9.17) is 9.84 Å². The van der Waals surface area contributed by atoms with Crippen LogP contribution in [-0.2, 0) is 16.1 Å². The Bertz CT molecular complexity index is 492. The molecule has 0 aliphatic carbocycles. The summed E-state index contributed by atoms with van der Waals surface area (Å²) in [7, 11) is 1.76. The third kappa shape index (κ3) is 4.56. The van der Waals surface area contributed by atoms with Gasteiger partial charge in [0.25, 0.3) is 0 Å². The molecular formula is C16H21NO4. The Morgan fingerprint density at radius 1 is 1.29 bits per heavy atom. The van der Waals surface area contributed by atoms with E-state index in [2.05, 4.69) is 0 Å².